The van der Waals surface area contributed by atoms with Gasteiger partial charge in [-0.15, -0.1) is 0 Å². The molecule has 0 radical (unpaired) electrons. The number of hydrogen-bond donors (Lipinski definition) is 0. The summed E-state index contributed by atoms with van der Waals surface area (Å²) in [4.78, 5) is 30.3. The van der Waals surface area contributed by atoms with Crippen molar-refractivity contribution in [3.05, 3.63) is 82.7 Å². The number of carbonyl (C=O) groups is 2. The molecule has 1 aromatic heterocycles. The number of methoxy groups -OCH3 is 2. The lowest BCUT2D eigenvalue weighted by Gasteiger charge is -2.26. The van der Waals surface area contributed by atoms with E-state index in [4.69, 9.17) is 14.2 Å². The van der Waals surface area contributed by atoms with Gasteiger partial charge in [-0.1, -0.05) is 41.7 Å². The number of esters is 1. The van der Waals surface area contributed by atoms with Crippen LogP contribution in [0.3, 0.4) is 0 Å². The molecule has 0 saturated carbocycles. The Balaban J connectivity index is 1.69. The standard InChI is InChI=1S/C30H33N3O7S2/c1-6-40-28(34)19-32-24-16-25(38-4)26(39-5)17-27(24)41-30(32)31-29(35)22-12-14-23(15-13-22)42(36,37)33(20(2)3)18-21-10-8-7-9-11-21/h7-17,20H,6,18-19H2,1-5H3. The molecule has 0 saturated heterocycles. The van der Waals surface area contributed by atoms with Crippen molar-refractivity contribution in [1.82, 2.24) is 8.87 Å². The Bertz CT molecular complexity index is 1740. The van der Waals surface area contributed by atoms with Gasteiger partial charge in [0.05, 0.1) is 35.9 Å². The van der Waals surface area contributed by atoms with Gasteiger partial charge in [0, 0.05) is 30.3 Å². The summed E-state index contributed by atoms with van der Waals surface area (Å²) in [5.74, 6) is -0.127. The average Bonchev–Trinajstić information content (AvgIpc) is 3.30. The molecule has 0 aliphatic heterocycles. The highest BCUT2D eigenvalue weighted by molar-refractivity contribution is 7.89. The maximum Gasteiger partial charge on any atom is 0.326 e. The van der Waals surface area contributed by atoms with E-state index in [0.717, 1.165) is 10.3 Å². The largest absolute Gasteiger partial charge is 0.493 e. The summed E-state index contributed by atoms with van der Waals surface area (Å²) in [6, 6.07) is 18.2. The van der Waals surface area contributed by atoms with E-state index in [1.54, 1.807) is 23.6 Å². The van der Waals surface area contributed by atoms with Gasteiger partial charge in [0.2, 0.25) is 10.0 Å². The second-order valence-electron chi connectivity index (χ2n) is 9.52. The van der Waals surface area contributed by atoms with Gasteiger partial charge in [0.15, 0.2) is 16.3 Å². The van der Waals surface area contributed by atoms with Crippen LogP contribution in [0.25, 0.3) is 10.2 Å². The van der Waals surface area contributed by atoms with Crippen molar-refractivity contribution >= 4 is 43.5 Å². The van der Waals surface area contributed by atoms with Crippen LogP contribution in [0.1, 0.15) is 36.7 Å². The third-order valence-electron chi connectivity index (χ3n) is 6.44. The molecule has 0 fully saturated rings. The second-order valence-corrected chi connectivity index (χ2v) is 12.4. The van der Waals surface area contributed by atoms with Gasteiger partial charge in [0.25, 0.3) is 5.91 Å². The van der Waals surface area contributed by atoms with Crippen LogP contribution in [0.5, 0.6) is 11.5 Å². The molecule has 4 rings (SSSR count). The van der Waals surface area contributed by atoms with Crippen molar-refractivity contribution in [2.45, 2.75) is 44.8 Å². The highest BCUT2D eigenvalue weighted by Gasteiger charge is 2.27. The number of hydrogen-bond acceptors (Lipinski definition) is 8. The minimum atomic E-state index is -3.84. The smallest absolute Gasteiger partial charge is 0.326 e. The predicted molar refractivity (Wildman–Crippen MR) is 160 cm³/mol. The van der Waals surface area contributed by atoms with Crippen molar-refractivity contribution in [3.8, 4) is 11.5 Å². The Labute approximate surface area is 248 Å². The fourth-order valence-electron chi connectivity index (χ4n) is 4.34. The molecule has 12 heteroatoms. The molecule has 3 aromatic carbocycles. The first-order valence-electron chi connectivity index (χ1n) is 13.2. The average molecular weight is 612 g/mol. The van der Waals surface area contributed by atoms with Crippen molar-refractivity contribution < 1.29 is 32.2 Å². The lowest BCUT2D eigenvalue weighted by atomic mass is 10.2. The maximum absolute atomic E-state index is 13.5. The topological polar surface area (TPSA) is 117 Å². The first-order valence-corrected chi connectivity index (χ1v) is 15.5. The zero-order valence-electron chi connectivity index (χ0n) is 24.1. The van der Waals surface area contributed by atoms with Gasteiger partial charge in [-0.25, -0.2) is 8.42 Å². The molecule has 1 amide bonds. The summed E-state index contributed by atoms with van der Waals surface area (Å²) in [6.07, 6.45) is 0. The molecule has 0 bridgehead atoms. The van der Waals surface area contributed by atoms with Crippen LogP contribution in [0.15, 0.2) is 76.6 Å². The molecule has 42 heavy (non-hydrogen) atoms. The summed E-state index contributed by atoms with van der Waals surface area (Å²) in [5, 5.41) is 0. The molecular weight excluding hydrogens is 578 g/mol. The Kier molecular flexibility index (Phi) is 9.81. The molecule has 0 unspecified atom stereocenters. The van der Waals surface area contributed by atoms with Crippen LogP contribution < -0.4 is 14.3 Å². The number of amides is 1. The van der Waals surface area contributed by atoms with Crippen LogP contribution in [0, 0.1) is 0 Å². The Morgan fingerprint density at radius 2 is 1.62 bits per heavy atom. The molecule has 4 aromatic rings. The van der Waals surface area contributed by atoms with Crippen molar-refractivity contribution in [2.75, 3.05) is 20.8 Å². The number of ether oxygens (including phenoxy) is 3. The summed E-state index contributed by atoms with van der Waals surface area (Å²) >= 11 is 1.20. The monoisotopic (exact) mass is 611 g/mol. The zero-order valence-corrected chi connectivity index (χ0v) is 25.7. The molecule has 0 N–H and O–H groups in total. The number of carbonyl (C=O) groups excluding carboxylic acids is 2. The molecule has 0 atom stereocenters. The summed E-state index contributed by atoms with van der Waals surface area (Å²) in [5.41, 5.74) is 1.68. The Morgan fingerprint density at radius 1 is 0.976 bits per heavy atom. The van der Waals surface area contributed by atoms with Crippen LogP contribution in [-0.2, 0) is 32.6 Å². The van der Waals surface area contributed by atoms with Gasteiger partial charge in [-0.05, 0) is 50.6 Å². The third-order valence-corrected chi connectivity index (χ3v) is 9.52. The van der Waals surface area contributed by atoms with E-state index in [9.17, 15) is 18.0 Å². The zero-order chi connectivity index (χ0) is 30.4. The predicted octanol–water partition coefficient (Wildman–Crippen LogP) is 4.62. The fourth-order valence-corrected chi connectivity index (χ4v) is 7.00. The van der Waals surface area contributed by atoms with Crippen molar-refractivity contribution in [1.29, 1.82) is 0 Å². The number of nitrogens with zero attached hydrogens (tertiary/aromatic N) is 3. The summed E-state index contributed by atoms with van der Waals surface area (Å²) < 4.78 is 46.7. The van der Waals surface area contributed by atoms with Crippen molar-refractivity contribution in [2.24, 2.45) is 4.99 Å². The normalized spacial score (nSPS) is 12.2. The van der Waals surface area contributed by atoms with Crippen LogP contribution in [0.2, 0.25) is 0 Å². The highest BCUT2D eigenvalue weighted by atomic mass is 32.2. The lowest BCUT2D eigenvalue weighted by Crippen LogP contribution is -2.36. The van der Waals surface area contributed by atoms with Crippen LogP contribution in [-0.4, -0.2) is 56.0 Å². The van der Waals surface area contributed by atoms with Gasteiger partial charge in [-0.2, -0.15) is 9.30 Å². The van der Waals surface area contributed by atoms with E-state index in [-0.39, 0.29) is 41.0 Å². The van der Waals surface area contributed by atoms with Crippen LogP contribution in [0.4, 0.5) is 0 Å². The van der Waals surface area contributed by atoms with E-state index in [1.807, 2.05) is 44.2 Å². The van der Waals surface area contributed by atoms with E-state index in [0.29, 0.717) is 17.0 Å². The SMILES string of the molecule is CCOC(=O)Cn1c(=NC(=O)c2ccc(S(=O)(=O)N(Cc3ccccc3)C(C)C)cc2)sc2cc(OC)c(OC)cc21. The number of rotatable bonds is 11. The molecule has 1 heterocycles. The third kappa shape index (κ3) is 6.72. The van der Waals surface area contributed by atoms with Crippen LogP contribution >= 0.6 is 11.3 Å². The number of aromatic nitrogens is 1. The molecule has 0 aliphatic rings. The van der Waals surface area contributed by atoms with E-state index in [1.165, 1.54) is 54.1 Å². The van der Waals surface area contributed by atoms with Gasteiger partial charge >= 0.3 is 5.97 Å². The first-order chi connectivity index (χ1) is 20.1. The van der Waals surface area contributed by atoms with E-state index < -0.39 is 21.9 Å². The molecule has 10 nitrogen and oxygen atoms in total. The fraction of sp³-hybridized carbons (Fsp3) is 0.300. The minimum Gasteiger partial charge on any atom is -0.493 e. The minimum absolute atomic E-state index is 0.0714. The summed E-state index contributed by atoms with van der Waals surface area (Å²) in [7, 11) is -0.817. The Morgan fingerprint density at radius 3 is 2.21 bits per heavy atom. The summed E-state index contributed by atoms with van der Waals surface area (Å²) in [6.45, 7) is 5.61. The highest BCUT2D eigenvalue weighted by Crippen LogP contribution is 2.33. The number of fused-ring (bicyclic) bond motifs is 1. The molecule has 0 spiro atoms. The Hall–Kier alpha value is -4.00. The van der Waals surface area contributed by atoms with Crippen molar-refractivity contribution in [3.63, 3.8) is 0 Å². The van der Waals surface area contributed by atoms with Gasteiger partial charge in [-0.3, -0.25) is 9.59 Å². The molecule has 0 aliphatic carbocycles. The van der Waals surface area contributed by atoms with E-state index in [2.05, 4.69) is 4.99 Å². The number of sulfonamides is 1. The molecular formula is C30H33N3O7S2. The van der Waals surface area contributed by atoms with Gasteiger partial charge in [0.1, 0.15) is 6.54 Å². The number of benzene rings is 3. The molecule has 222 valence electrons. The van der Waals surface area contributed by atoms with Gasteiger partial charge < -0.3 is 18.8 Å². The number of thiazole rings is 1. The lowest BCUT2D eigenvalue weighted by molar-refractivity contribution is -0.143. The quantitative estimate of drug-likeness (QED) is 0.227. The van der Waals surface area contributed by atoms with E-state index >= 15 is 0 Å². The maximum atomic E-state index is 13.5. The second kappa shape index (κ2) is 13.3. The first kappa shape index (κ1) is 30.9.